The minimum Gasteiger partial charge on any atom is -0.370 e. The minimum atomic E-state index is -4.48. The monoisotopic (exact) mass is 385 g/mol. The largest absolute Gasteiger partial charge is 0.370 e. The average Bonchev–Trinajstić information content (AvgIpc) is 2.57. The number of ether oxygens (including phenoxy) is 1. The van der Waals surface area contributed by atoms with Gasteiger partial charge >= 0.3 is 0 Å². The highest BCUT2D eigenvalue weighted by molar-refractivity contribution is 7.86. The number of hydrogen-bond donors (Lipinski definition) is 2. The summed E-state index contributed by atoms with van der Waals surface area (Å²) in [6.45, 7) is 3.46. The third-order valence-electron chi connectivity index (χ3n) is 4.35. The van der Waals surface area contributed by atoms with Crippen LogP contribution in [0.2, 0.25) is 0 Å². The Morgan fingerprint density at radius 1 is 1.19 bits per heavy atom. The molecule has 1 amide bonds. The molecule has 0 radical (unpaired) electrons. The van der Waals surface area contributed by atoms with Crippen molar-refractivity contribution in [3.63, 3.8) is 0 Å². The molecular formula is C18H27NO6S. The maximum Gasteiger partial charge on any atom is 0.296 e. The van der Waals surface area contributed by atoms with Gasteiger partial charge in [0.05, 0.1) is 12.1 Å². The first-order valence-corrected chi connectivity index (χ1v) is 10.0. The lowest BCUT2D eigenvalue weighted by molar-refractivity contribution is -0.145. The molecule has 0 aromatic heterocycles. The lowest BCUT2D eigenvalue weighted by atomic mass is 9.88. The van der Waals surface area contributed by atoms with Crippen LogP contribution >= 0.6 is 0 Å². The molecule has 1 rings (SSSR count). The van der Waals surface area contributed by atoms with E-state index in [9.17, 15) is 22.6 Å². The van der Waals surface area contributed by atoms with Crippen LogP contribution in [-0.2, 0) is 24.4 Å². The van der Waals surface area contributed by atoms with Crippen molar-refractivity contribution < 1.29 is 27.3 Å². The number of benzene rings is 1. The summed E-state index contributed by atoms with van der Waals surface area (Å²) in [7, 11) is -3.09. The first-order chi connectivity index (χ1) is 12.2. The number of amides is 1. The predicted molar refractivity (Wildman–Crippen MR) is 98.7 cm³/mol. The predicted octanol–water partition coefficient (Wildman–Crippen LogP) is 3.21. The number of methoxy groups -OCH3 is 1. The van der Waals surface area contributed by atoms with Crippen molar-refractivity contribution in [3.8, 4) is 0 Å². The first-order valence-electron chi connectivity index (χ1n) is 8.59. The topological polar surface area (TPSA) is 110 Å². The molecule has 26 heavy (non-hydrogen) atoms. The summed E-state index contributed by atoms with van der Waals surface area (Å²) in [4.78, 5) is 24.2. The number of ketones is 1. The molecule has 0 heterocycles. The van der Waals surface area contributed by atoms with E-state index in [1.54, 1.807) is 0 Å². The van der Waals surface area contributed by atoms with E-state index in [1.807, 2.05) is 0 Å². The Labute approximate surface area is 154 Å². The van der Waals surface area contributed by atoms with Crippen molar-refractivity contribution in [2.75, 3.05) is 12.4 Å². The first kappa shape index (κ1) is 22.3. The minimum absolute atomic E-state index is 0.0421. The van der Waals surface area contributed by atoms with Gasteiger partial charge in [0.25, 0.3) is 10.1 Å². The van der Waals surface area contributed by atoms with E-state index in [4.69, 9.17) is 4.74 Å². The van der Waals surface area contributed by atoms with Gasteiger partial charge in [-0.25, -0.2) is 0 Å². The Balaban J connectivity index is 2.93. The van der Waals surface area contributed by atoms with Gasteiger partial charge in [0.15, 0.2) is 5.78 Å². The van der Waals surface area contributed by atoms with E-state index in [0.717, 1.165) is 25.7 Å². The maximum atomic E-state index is 12.4. The van der Waals surface area contributed by atoms with Gasteiger partial charge in [-0.1, -0.05) is 44.7 Å². The maximum absolute atomic E-state index is 12.4. The molecule has 0 saturated carbocycles. The highest BCUT2D eigenvalue weighted by Gasteiger charge is 2.37. The molecule has 1 aromatic rings. The van der Waals surface area contributed by atoms with E-state index in [-0.39, 0.29) is 17.9 Å². The number of carbonyl (C=O) groups is 2. The third-order valence-corrected chi connectivity index (χ3v) is 5.26. The summed E-state index contributed by atoms with van der Waals surface area (Å²) in [6.07, 6.45) is 3.94. The van der Waals surface area contributed by atoms with Crippen molar-refractivity contribution >= 4 is 27.5 Å². The normalized spacial score (nSPS) is 13.8. The van der Waals surface area contributed by atoms with Gasteiger partial charge in [-0.05, 0) is 25.5 Å². The molecule has 0 aliphatic heterocycles. The van der Waals surface area contributed by atoms with Gasteiger partial charge in [0.1, 0.15) is 10.5 Å². The Hall–Kier alpha value is -1.77. The number of carbonyl (C=O) groups excluding carboxylic acids is 2. The van der Waals surface area contributed by atoms with Crippen LogP contribution in [0.5, 0.6) is 0 Å². The fourth-order valence-corrected chi connectivity index (χ4v) is 3.44. The summed E-state index contributed by atoms with van der Waals surface area (Å²) in [6, 6.07) is 5.51. The van der Waals surface area contributed by atoms with Crippen LogP contribution in [0, 0.1) is 0 Å². The van der Waals surface area contributed by atoms with Crippen LogP contribution in [0.1, 0.15) is 52.4 Å². The molecule has 7 nitrogen and oxygen atoms in total. The Morgan fingerprint density at radius 3 is 2.38 bits per heavy atom. The van der Waals surface area contributed by atoms with Crippen molar-refractivity contribution in [2.24, 2.45) is 0 Å². The van der Waals surface area contributed by atoms with Gasteiger partial charge < -0.3 is 10.1 Å². The molecule has 1 atom stereocenters. The SMILES string of the molecule is CCCCCCC(CC(=O)Nc1ccccc1S(=O)(=O)O)(OC)C(C)=O. The standard InChI is InChI=1S/C18H27NO6S/c1-4-5-6-9-12-18(25-3,14(2)20)13-17(21)19-15-10-7-8-11-16(15)26(22,23)24/h7-8,10-11H,4-6,9,12-13H2,1-3H3,(H,19,21)(H,22,23,24). The fraction of sp³-hybridized carbons (Fsp3) is 0.556. The molecule has 0 saturated heterocycles. The zero-order valence-corrected chi connectivity index (χ0v) is 16.3. The van der Waals surface area contributed by atoms with Gasteiger partial charge in [0, 0.05) is 7.11 Å². The third kappa shape index (κ3) is 6.19. The van der Waals surface area contributed by atoms with Crippen LogP contribution in [0.4, 0.5) is 5.69 Å². The summed E-state index contributed by atoms with van der Waals surface area (Å²) >= 11 is 0. The zero-order valence-electron chi connectivity index (χ0n) is 15.4. The number of para-hydroxylation sites is 1. The average molecular weight is 385 g/mol. The Bertz CT molecular complexity index is 731. The van der Waals surface area contributed by atoms with E-state index in [2.05, 4.69) is 12.2 Å². The molecular weight excluding hydrogens is 358 g/mol. The second-order valence-electron chi connectivity index (χ2n) is 6.26. The number of anilines is 1. The van der Waals surface area contributed by atoms with Crippen LogP contribution in [0.25, 0.3) is 0 Å². The van der Waals surface area contributed by atoms with E-state index in [0.29, 0.717) is 6.42 Å². The van der Waals surface area contributed by atoms with Crippen molar-refractivity contribution in [1.29, 1.82) is 0 Å². The molecule has 0 bridgehead atoms. The molecule has 2 N–H and O–H groups in total. The van der Waals surface area contributed by atoms with E-state index in [1.165, 1.54) is 38.3 Å². The molecule has 1 unspecified atom stereocenters. The fourth-order valence-electron chi connectivity index (χ4n) is 2.79. The van der Waals surface area contributed by atoms with Crippen molar-refractivity contribution in [3.05, 3.63) is 24.3 Å². The second kappa shape index (κ2) is 9.80. The number of Topliss-reactive ketones (excluding diaryl/α,β-unsaturated/α-hetero) is 1. The Morgan fingerprint density at radius 2 is 1.85 bits per heavy atom. The lowest BCUT2D eigenvalue weighted by Crippen LogP contribution is -2.42. The van der Waals surface area contributed by atoms with Crippen LogP contribution < -0.4 is 5.32 Å². The summed E-state index contributed by atoms with van der Waals surface area (Å²) in [5.41, 5.74) is -1.29. The molecule has 0 spiro atoms. The molecule has 146 valence electrons. The molecule has 8 heteroatoms. The number of hydrogen-bond acceptors (Lipinski definition) is 5. The summed E-state index contributed by atoms with van der Waals surface area (Å²) in [5.74, 6) is -0.816. The molecule has 1 aromatic carbocycles. The Kier molecular flexibility index (Phi) is 8.39. The second-order valence-corrected chi connectivity index (χ2v) is 7.65. The quantitative estimate of drug-likeness (QED) is 0.447. The van der Waals surface area contributed by atoms with Gasteiger partial charge in [-0.2, -0.15) is 8.42 Å². The van der Waals surface area contributed by atoms with Gasteiger partial charge in [0.2, 0.25) is 5.91 Å². The molecule has 0 aliphatic rings. The smallest absolute Gasteiger partial charge is 0.296 e. The van der Waals surface area contributed by atoms with Crippen LogP contribution in [0.15, 0.2) is 29.2 Å². The number of rotatable bonds is 11. The summed E-state index contributed by atoms with van der Waals surface area (Å²) in [5, 5.41) is 2.45. The van der Waals surface area contributed by atoms with Crippen LogP contribution in [-0.4, -0.2) is 37.4 Å². The van der Waals surface area contributed by atoms with Crippen molar-refractivity contribution in [2.45, 2.75) is 62.9 Å². The zero-order chi connectivity index (χ0) is 19.8. The molecule has 0 aliphatic carbocycles. The van der Waals surface area contributed by atoms with E-state index < -0.39 is 26.5 Å². The lowest BCUT2D eigenvalue weighted by Gasteiger charge is -2.29. The van der Waals surface area contributed by atoms with Gasteiger partial charge in [-0.3, -0.25) is 14.1 Å². The van der Waals surface area contributed by atoms with Crippen LogP contribution in [0.3, 0.4) is 0 Å². The number of nitrogens with one attached hydrogen (secondary N) is 1. The van der Waals surface area contributed by atoms with Crippen molar-refractivity contribution in [1.82, 2.24) is 0 Å². The van der Waals surface area contributed by atoms with Gasteiger partial charge in [-0.15, -0.1) is 0 Å². The highest BCUT2D eigenvalue weighted by atomic mass is 32.2. The van der Waals surface area contributed by atoms with E-state index >= 15 is 0 Å². The summed E-state index contributed by atoms with van der Waals surface area (Å²) < 4.78 is 37.5. The molecule has 0 fully saturated rings. The highest BCUT2D eigenvalue weighted by Crippen LogP contribution is 2.27. The number of unbranched alkanes of at least 4 members (excludes halogenated alkanes) is 3.